The number of hydrogen-bond donors (Lipinski definition) is 2. The van der Waals surface area contributed by atoms with Crippen molar-refractivity contribution in [3.8, 4) is 17.1 Å². The molecule has 9 heteroatoms. The van der Waals surface area contributed by atoms with Crippen LogP contribution in [0.2, 0.25) is 5.02 Å². The summed E-state index contributed by atoms with van der Waals surface area (Å²) in [6, 6.07) is 22.6. The van der Waals surface area contributed by atoms with Crippen LogP contribution in [0.5, 0.6) is 5.75 Å². The number of thioether (sulfide) groups is 1. The molecule has 7 nitrogen and oxygen atoms in total. The lowest BCUT2D eigenvalue weighted by Gasteiger charge is -2.33. The number of nitrogens with one attached hydrogen (secondary N) is 2. The van der Waals surface area contributed by atoms with E-state index in [0.29, 0.717) is 21.7 Å². The summed E-state index contributed by atoms with van der Waals surface area (Å²) in [6.45, 7) is 1.88. The van der Waals surface area contributed by atoms with Gasteiger partial charge in [0.15, 0.2) is 5.82 Å². The van der Waals surface area contributed by atoms with Gasteiger partial charge in [-0.2, -0.15) is 0 Å². The first-order valence-electron chi connectivity index (χ1n) is 10.7. The minimum atomic E-state index is -0.507. The van der Waals surface area contributed by atoms with E-state index < -0.39 is 5.25 Å². The number of nitrogens with zero attached hydrogens (tertiary/aromatic N) is 3. The van der Waals surface area contributed by atoms with Gasteiger partial charge in [0, 0.05) is 16.3 Å². The Labute approximate surface area is 206 Å². The minimum absolute atomic E-state index is 0.154. The largest absolute Gasteiger partial charge is 0.497 e. The van der Waals surface area contributed by atoms with Crippen LogP contribution in [0, 0.1) is 6.92 Å². The molecule has 1 aliphatic rings. The molecule has 2 heterocycles. The third-order valence-electron chi connectivity index (χ3n) is 5.73. The van der Waals surface area contributed by atoms with Crippen molar-refractivity contribution in [1.29, 1.82) is 0 Å². The number of benzene rings is 3. The zero-order chi connectivity index (χ0) is 23.7. The first kappa shape index (κ1) is 22.3. The van der Waals surface area contributed by atoms with Gasteiger partial charge in [0.25, 0.3) is 0 Å². The van der Waals surface area contributed by atoms with Gasteiger partial charge in [-0.1, -0.05) is 71.9 Å². The summed E-state index contributed by atoms with van der Waals surface area (Å²) in [4.78, 5) is 13.5. The lowest BCUT2D eigenvalue weighted by molar-refractivity contribution is -0.116. The van der Waals surface area contributed by atoms with Crippen LogP contribution in [-0.4, -0.2) is 33.1 Å². The average molecular weight is 492 g/mol. The number of amides is 1. The maximum absolute atomic E-state index is 13.5. The second-order valence-corrected chi connectivity index (χ2v) is 9.34. The Bertz CT molecular complexity index is 1330. The first-order valence-corrected chi connectivity index (χ1v) is 11.9. The molecular weight excluding hydrogens is 470 g/mol. The monoisotopic (exact) mass is 491 g/mol. The number of anilines is 1. The summed E-state index contributed by atoms with van der Waals surface area (Å²) in [6.07, 6.45) is 0. The lowest BCUT2D eigenvalue weighted by atomic mass is 10.0. The summed E-state index contributed by atoms with van der Waals surface area (Å²) in [5, 5.41) is 12.5. The predicted molar refractivity (Wildman–Crippen MR) is 135 cm³/mol. The van der Waals surface area contributed by atoms with Gasteiger partial charge in [-0.25, -0.2) is 4.68 Å². The quantitative estimate of drug-likeness (QED) is 0.393. The molecule has 0 saturated carbocycles. The van der Waals surface area contributed by atoms with Crippen LogP contribution < -0.4 is 15.5 Å². The van der Waals surface area contributed by atoms with Crippen molar-refractivity contribution in [2.45, 2.75) is 23.4 Å². The van der Waals surface area contributed by atoms with Crippen LogP contribution in [0.15, 0.2) is 78.0 Å². The maximum Gasteiger partial charge on any atom is 0.240 e. The fourth-order valence-corrected chi connectivity index (χ4v) is 5.09. The van der Waals surface area contributed by atoms with Gasteiger partial charge in [-0.05, 0) is 42.3 Å². The Hall–Kier alpha value is -3.49. The van der Waals surface area contributed by atoms with Gasteiger partial charge >= 0.3 is 0 Å². The molecule has 0 saturated heterocycles. The molecule has 172 valence electrons. The van der Waals surface area contributed by atoms with Gasteiger partial charge in [0.1, 0.15) is 11.0 Å². The van der Waals surface area contributed by atoms with Gasteiger partial charge in [0.05, 0.1) is 13.2 Å². The molecule has 1 amide bonds. The lowest BCUT2D eigenvalue weighted by Crippen LogP contribution is -2.41. The standard InChI is InChI=1S/C25H22ClN5O2S/c1-15-19(26)9-6-10-20(15)27-24(32)22-21(16-11-13-18(33-2)14-12-16)30-31-23(28-29-25(31)34-22)17-7-4-3-5-8-17/h3-14,21-22,30H,1-2H3,(H,27,32)/t21-,22+/m1/s1. The summed E-state index contributed by atoms with van der Waals surface area (Å²) in [7, 11) is 1.63. The Morgan fingerprint density at radius 1 is 1.06 bits per heavy atom. The van der Waals surface area contributed by atoms with Crippen LogP contribution in [0.1, 0.15) is 17.2 Å². The van der Waals surface area contributed by atoms with Crippen molar-refractivity contribution in [2.24, 2.45) is 0 Å². The summed E-state index contributed by atoms with van der Waals surface area (Å²) in [5.74, 6) is 1.28. The number of hydrogen-bond acceptors (Lipinski definition) is 6. The SMILES string of the molecule is COc1ccc([C@H]2Nn3c(nnc3-c3ccccc3)S[C@@H]2C(=O)Nc2cccc(Cl)c2C)cc1. The highest BCUT2D eigenvalue weighted by atomic mass is 35.5. The zero-order valence-corrected chi connectivity index (χ0v) is 20.1. The number of ether oxygens (including phenoxy) is 1. The van der Waals surface area contributed by atoms with Crippen molar-refractivity contribution in [3.05, 3.63) is 88.9 Å². The molecule has 0 fully saturated rings. The normalized spacial score (nSPS) is 16.9. The molecular formula is C25H22ClN5O2S. The second-order valence-electron chi connectivity index (χ2n) is 7.83. The van der Waals surface area contributed by atoms with Crippen LogP contribution in [-0.2, 0) is 4.79 Å². The van der Waals surface area contributed by atoms with Crippen molar-refractivity contribution in [3.63, 3.8) is 0 Å². The minimum Gasteiger partial charge on any atom is -0.497 e. The number of carbonyl (C=O) groups excluding carboxylic acids is 1. The van der Waals surface area contributed by atoms with Crippen molar-refractivity contribution >= 4 is 35.0 Å². The summed E-state index contributed by atoms with van der Waals surface area (Å²) < 4.78 is 7.16. The number of carbonyl (C=O) groups is 1. The first-order chi connectivity index (χ1) is 16.5. The van der Waals surface area contributed by atoms with Gasteiger partial charge < -0.3 is 15.5 Å². The average Bonchev–Trinajstić information content (AvgIpc) is 3.29. The molecule has 2 N–H and O–H groups in total. The fourth-order valence-electron chi connectivity index (χ4n) is 3.84. The highest BCUT2D eigenvalue weighted by Gasteiger charge is 2.38. The van der Waals surface area contributed by atoms with Crippen molar-refractivity contribution < 1.29 is 9.53 Å². The van der Waals surface area contributed by atoms with Crippen LogP contribution in [0.4, 0.5) is 5.69 Å². The van der Waals surface area contributed by atoms with E-state index in [4.69, 9.17) is 16.3 Å². The zero-order valence-electron chi connectivity index (χ0n) is 18.5. The molecule has 0 bridgehead atoms. The molecule has 4 aromatic rings. The Morgan fingerprint density at radius 3 is 2.56 bits per heavy atom. The maximum atomic E-state index is 13.5. The molecule has 1 aromatic heterocycles. The predicted octanol–water partition coefficient (Wildman–Crippen LogP) is 5.31. The van der Waals surface area contributed by atoms with E-state index in [1.807, 2.05) is 78.3 Å². The van der Waals surface area contributed by atoms with E-state index in [-0.39, 0.29) is 11.9 Å². The van der Waals surface area contributed by atoms with E-state index >= 15 is 0 Å². The Kier molecular flexibility index (Phi) is 6.17. The number of methoxy groups -OCH3 is 1. The third kappa shape index (κ3) is 4.22. The van der Waals surface area contributed by atoms with Crippen molar-refractivity contribution in [1.82, 2.24) is 14.9 Å². The molecule has 0 spiro atoms. The Balaban J connectivity index is 1.52. The highest BCUT2D eigenvalue weighted by Crippen LogP contribution is 2.39. The molecule has 0 unspecified atom stereocenters. The van der Waals surface area contributed by atoms with Crippen LogP contribution in [0.3, 0.4) is 0 Å². The molecule has 1 aliphatic heterocycles. The molecule has 0 radical (unpaired) electrons. The molecule has 5 rings (SSSR count). The van der Waals surface area contributed by atoms with Gasteiger partial charge in [-0.15, -0.1) is 10.2 Å². The smallest absolute Gasteiger partial charge is 0.240 e. The second kappa shape index (κ2) is 9.40. The summed E-state index contributed by atoms with van der Waals surface area (Å²) in [5.41, 5.74) is 6.86. The van der Waals surface area contributed by atoms with E-state index in [0.717, 1.165) is 22.4 Å². The van der Waals surface area contributed by atoms with Crippen LogP contribution in [0.25, 0.3) is 11.4 Å². The number of aromatic nitrogens is 3. The number of rotatable bonds is 5. The fraction of sp³-hybridized carbons (Fsp3) is 0.160. The molecule has 2 atom stereocenters. The van der Waals surface area contributed by atoms with Gasteiger partial charge in [-0.3, -0.25) is 4.79 Å². The van der Waals surface area contributed by atoms with E-state index in [1.165, 1.54) is 11.8 Å². The number of halogens is 1. The number of fused-ring (bicyclic) bond motifs is 1. The molecule has 0 aliphatic carbocycles. The highest BCUT2D eigenvalue weighted by molar-refractivity contribution is 8.00. The van der Waals surface area contributed by atoms with Crippen LogP contribution >= 0.6 is 23.4 Å². The molecule has 34 heavy (non-hydrogen) atoms. The topological polar surface area (TPSA) is 81.1 Å². The van der Waals surface area contributed by atoms with E-state index in [9.17, 15) is 4.79 Å². The summed E-state index contributed by atoms with van der Waals surface area (Å²) >= 11 is 7.64. The van der Waals surface area contributed by atoms with Crippen molar-refractivity contribution in [2.75, 3.05) is 17.9 Å². The van der Waals surface area contributed by atoms with E-state index in [1.54, 1.807) is 13.2 Å². The Morgan fingerprint density at radius 2 is 1.82 bits per heavy atom. The van der Waals surface area contributed by atoms with E-state index in [2.05, 4.69) is 20.9 Å². The van der Waals surface area contributed by atoms with Gasteiger partial charge in [0.2, 0.25) is 11.1 Å². The third-order valence-corrected chi connectivity index (χ3v) is 7.35. The molecule has 3 aromatic carbocycles.